The van der Waals surface area contributed by atoms with Gasteiger partial charge in [0, 0.05) is 16.4 Å². The molecule has 3 nitrogen and oxygen atoms in total. The molecule has 0 saturated carbocycles. The second kappa shape index (κ2) is 7.01. The molecule has 3 aromatic rings. The zero-order valence-electron chi connectivity index (χ0n) is 11.8. The maximum absolute atomic E-state index is 9.36. The number of nitrogens with zero attached hydrogens (tertiary/aromatic N) is 3. The maximum Gasteiger partial charge on any atom is 0.168 e. The van der Waals surface area contributed by atoms with Crippen LogP contribution >= 0.6 is 39.5 Å². The Kier molecular flexibility index (Phi) is 4.82. The number of nitriles is 1. The lowest BCUT2D eigenvalue weighted by Gasteiger charge is -2.05. The monoisotopic (exact) mass is 399 g/mol. The van der Waals surface area contributed by atoms with E-state index in [0.29, 0.717) is 14.6 Å². The van der Waals surface area contributed by atoms with Gasteiger partial charge in [0.05, 0.1) is 0 Å². The number of para-hydroxylation sites is 1. The maximum atomic E-state index is 9.36. The lowest BCUT2D eigenvalue weighted by molar-refractivity contribution is 1.06. The predicted molar refractivity (Wildman–Crippen MR) is 101 cm³/mol. The Morgan fingerprint density at radius 2 is 1.83 bits per heavy atom. The Bertz CT molecular complexity index is 948. The van der Waals surface area contributed by atoms with Crippen molar-refractivity contribution in [2.24, 2.45) is 4.99 Å². The summed E-state index contributed by atoms with van der Waals surface area (Å²) in [6, 6.07) is 19.7. The van der Waals surface area contributed by atoms with Gasteiger partial charge in [-0.2, -0.15) is 5.26 Å². The number of aliphatic imine (C=N–C) groups is 1. The van der Waals surface area contributed by atoms with E-state index < -0.39 is 0 Å². The minimum absolute atomic E-state index is 0.507. The van der Waals surface area contributed by atoms with E-state index in [4.69, 9.17) is 12.2 Å². The number of thiazole rings is 1. The van der Waals surface area contributed by atoms with Gasteiger partial charge in [0.25, 0.3) is 0 Å². The van der Waals surface area contributed by atoms with E-state index in [9.17, 15) is 5.26 Å². The molecule has 0 atom stereocenters. The first kappa shape index (κ1) is 15.8. The van der Waals surface area contributed by atoms with Gasteiger partial charge in [0.15, 0.2) is 14.6 Å². The lowest BCUT2D eigenvalue weighted by Crippen LogP contribution is -1.93. The largest absolute Gasteiger partial charge is 0.275 e. The molecule has 112 valence electrons. The van der Waals surface area contributed by atoms with Crippen LogP contribution in [0.1, 0.15) is 10.4 Å². The topological polar surface area (TPSA) is 41.1 Å². The summed E-state index contributed by atoms with van der Waals surface area (Å²) in [5.41, 5.74) is 1.85. The van der Waals surface area contributed by atoms with Gasteiger partial charge in [0.1, 0.15) is 6.07 Å². The van der Waals surface area contributed by atoms with Gasteiger partial charge in [-0.05, 0) is 42.0 Å². The average Bonchev–Trinajstić information content (AvgIpc) is 2.91. The highest BCUT2D eigenvalue weighted by Crippen LogP contribution is 2.30. The van der Waals surface area contributed by atoms with E-state index >= 15 is 0 Å². The fraction of sp³-hybridized carbons (Fsp3) is 0. The molecular formula is C17H10BrN3S2. The second-order valence-electron chi connectivity index (χ2n) is 4.61. The number of hydrogen-bond donors (Lipinski definition) is 0. The van der Waals surface area contributed by atoms with Gasteiger partial charge < -0.3 is 0 Å². The van der Waals surface area contributed by atoms with E-state index in [-0.39, 0.29) is 0 Å². The molecule has 0 N–H and O–H groups in total. The number of halogens is 1. The van der Waals surface area contributed by atoms with Gasteiger partial charge >= 0.3 is 0 Å². The average molecular weight is 400 g/mol. The van der Waals surface area contributed by atoms with Crippen LogP contribution in [0.2, 0.25) is 0 Å². The normalized spacial score (nSPS) is 10.8. The Labute approximate surface area is 151 Å². The SMILES string of the molecule is N#Cc1sc(=S)n(-c2ccccc2)c1N=Cc1ccc(Br)cc1. The van der Waals surface area contributed by atoms with Crippen LogP contribution in [0.5, 0.6) is 0 Å². The number of hydrogen-bond acceptors (Lipinski definition) is 4. The van der Waals surface area contributed by atoms with Crippen molar-refractivity contribution in [1.29, 1.82) is 5.26 Å². The molecule has 0 saturated heterocycles. The van der Waals surface area contributed by atoms with Crippen LogP contribution in [0.4, 0.5) is 5.82 Å². The Balaban J connectivity index is 2.10. The van der Waals surface area contributed by atoms with Crippen LogP contribution in [0.25, 0.3) is 5.69 Å². The third-order valence-corrected chi connectivity index (χ3v) is 4.91. The summed E-state index contributed by atoms with van der Waals surface area (Å²) < 4.78 is 3.44. The van der Waals surface area contributed by atoms with Gasteiger partial charge in [0.2, 0.25) is 0 Å². The summed E-state index contributed by atoms with van der Waals surface area (Å²) in [4.78, 5) is 5.02. The molecule has 0 aliphatic rings. The first-order chi connectivity index (χ1) is 11.2. The van der Waals surface area contributed by atoms with Gasteiger partial charge in [-0.1, -0.05) is 57.6 Å². The summed E-state index contributed by atoms with van der Waals surface area (Å²) in [7, 11) is 0. The molecule has 0 unspecified atom stereocenters. The minimum atomic E-state index is 0.507. The van der Waals surface area contributed by atoms with Gasteiger partial charge in [-0.15, -0.1) is 0 Å². The third kappa shape index (κ3) is 3.48. The highest BCUT2D eigenvalue weighted by molar-refractivity contribution is 9.10. The van der Waals surface area contributed by atoms with Crippen LogP contribution in [0.15, 0.2) is 64.1 Å². The summed E-state index contributed by atoms with van der Waals surface area (Å²) >= 11 is 10.1. The fourth-order valence-electron chi connectivity index (χ4n) is 2.05. The van der Waals surface area contributed by atoms with Crippen molar-refractivity contribution in [2.45, 2.75) is 0 Å². The zero-order chi connectivity index (χ0) is 16.2. The number of aromatic nitrogens is 1. The molecular weight excluding hydrogens is 390 g/mol. The lowest BCUT2D eigenvalue weighted by atomic mass is 10.2. The van der Waals surface area contributed by atoms with Crippen molar-refractivity contribution in [3.63, 3.8) is 0 Å². The van der Waals surface area contributed by atoms with Crippen molar-refractivity contribution >= 4 is 51.5 Å². The quantitative estimate of drug-likeness (QED) is 0.421. The first-order valence-corrected chi connectivity index (χ1v) is 8.72. The van der Waals surface area contributed by atoms with Crippen molar-refractivity contribution in [2.75, 3.05) is 0 Å². The second-order valence-corrected chi connectivity index (χ2v) is 7.17. The van der Waals surface area contributed by atoms with E-state index in [1.165, 1.54) is 11.3 Å². The molecule has 3 rings (SSSR count). The van der Waals surface area contributed by atoms with Gasteiger partial charge in [-0.3, -0.25) is 4.57 Å². The van der Waals surface area contributed by atoms with Crippen molar-refractivity contribution in [3.8, 4) is 11.8 Å². The van der Waals surface area contributed by atoms with Crippen molar-refractivity contribution in [1.82, 2.24) is 4.57 Å². The van der Waals surface area contributed by atoms with E-state index in [1.54, 1.807) is 6.21 Å². The molecule has 6 heteroatoms. The molecule has 0 bridgehead atoms. The van der Waals surface area contributed by atoms with Crippen molar-refractivity contribution < 1.29 is 0 Å². The van der Waals surface area contributed by atoms with Crippen LogP contribution in [-0.2, 0) is 0 Å². The number of rotatable bonds is 3. The first-order valence-electron chi connectivity index (χ1n) is 6.70. The molecule has 2 aromatic carbocycles. The molecule has 23 heavy (non-hydrogen) atoms. The van der Waals surface area contributed by atoms with Crippen LogP contribution in [-0.4, -0.2) is 10.8 Å². The fourth-order valence-corrected chi connectivity index (χ4v) is 3.49. The minimum Gasteiger partial charge on any atom is -0.275 e. The Morgan fingerprint density at radius 1 is 1.13 bits per heavy atom. The Morgan fingerprint density at radius 3 is 2.48 bits per heavy atom. The molecule has 0 aliphatic carbocycles. The van der Waals surface area contributed by atoms with Crippen molar-refractivity contribution in [3.05, 3.63) is 73.5 Å². The highest BCUT2D eigenvalue weighted by atomic mass is 79.9. The van der Waals surface area contributed by atoms with E-state index in [1.807, 2.05) is 59.2 Å². The summed E-state index contributed by atoms with van der Waals surface area (Å²) in [5, 5.41) is 9.36. The van der Waals surface area contributed by atoms with Gasteiger partial charge in [-0.25, -0.2) is 4.99 Å². The van der Waals surface area contributed by atoms with Crippen LogP contribution < -0.4 is 0 Å². The molecule has 0 amide bonds. The molecule has 1 aromatic heterocycles. The summed E-state index contributed by atoms with van der Waals surface area (Å²) in [6.45, 7) is 0. The van der Waals surface area contributed by atoms with Crippen LogP contribution in [0, 0.1) is 15.3 Å². The molecule has 0 fully saturated rings. The summed E-state index contributed by atoms with van der Waals surface area (Å²) in [6.07, 6.45) is 1.74. The smallest absolute Gasteiger partial charge is 0.168 e. The molecule has 0 aliphatic heterocycles. The summed E-state index contributed by atoms with van der Waals surface area (Å²) in [5.74, 6) is 0.566. The standard InChI is InChI=1S/C17H10BrN3S2/c18-13-8-6-12(7-9-13)11-20-16-15(10-19)23-17(22)21(16)14-4-2-1-3-5-14/h1-9,11H. The number of benzene rings is 2. The predicted octanol–water partition coefficient (Wildman–Crippen LogP) is 5.65. The third-order valence-electron chi connectivity index (χ3n) is 3.11. The van der Waals surface area contributed by atoms with Crippen LogP contribution in [0.3, 0.4) is 0 Å². The highest BCUT2D eigenvalue weighted by Gasteiger charge is 2.12. The zero-order valence-corrected chi connectivity index (χ0v) is 15.0. The molecule has 0 radical (unpaired) electrons. The molecule has 1 heterocycles. The molecule has 0 spiro atoms. The van der Waals surface area contributed by atoms with E-state index in [0.717, 1.165) is 15.7 Å². The Hall–Kier alpha value is -2.07. The van der Waals surface area contributed by atoms with E-state index in [2.05, 4.69) is 27.0 Å².